The first kappa shape index (κ1) is 23.6. The molecular weight excluding hydrogens is 494 g/mol. The number of aromatic nitrogens is 1. The normalized spacial score (nSPS) is 11.1. The van der Waals surface area contributed by atoms with Gasteiger partial charge in [-0.3, -0.25) is 19.6 Å². The highest BCUT2D eigenvalue weighted by Crippen LogP contribution is 2.32. The largest absolute Gasteiger partial charge is 0.298 e. The summed E-state index contributed by atoms with van der Waals surface area (Å²) in [6, 6.07) is 21.0. The molecule has 34 heavy (non-hydrogen) atoms. The second-order valence-corrected chi connectivity index (χ2v) is 10.3. The summed E-state index contributed by atoms with van der Waals surface area (Å²) in [6.07, 6.45) is 0. The number of thiazole rings is 1. The van der Waals surface area contributed by atoms with Gasteiger partial charge in [0.15, 0.2) is 10.9 Å². The highest BCUT2D eigenvalue weighted by atomic mass is 35.5. The van der Waals surface area contributed by atoms with Crippen LogP contribution in [0.3, 0.4) is 0 Å². The Labute approximate surface area is 205 Å². The lowest BCUT2D eigenvalue weighted by atomic mass is 10.1. The molecule has 0 saturated carbocycles. The van der Waals surface area contributed by atoms with Gasteiger partial charge in [-0.1, -0.05) is 59.3 Å². The van der Waals surface area contributed by atoms with E-state index in [-0.39, 0.29) is 27.1 Å². The van der Waals surface area contributed by atoms with Gasteiger partial charge in [0.05, 0.1) is 15.5 Å². The second kappa shape index (κ2) is 9.76. The third-order valence-corrected chi connectivity index (χ3v) is 7.44. The maximum atomic E-state index is 12.8. The van der Waals surface area contributed by atoms with E-state index in [1.54, 1.807) is 12.1 Å². The summed E-state index contributed by atoms with van der Waals surface area (Å²) in [5.41, 5.74) is 1.70. The maximum Gasteiger partial charge on any atom is 0.261 e. The number of hydrogen-bond donors (Lipinski definition) is 2. The van der Waals surface area contributed by atoms with E-state index in [2.05, 4.69) is 15.0 Å². The molecule has 0 aliphatic carbocycles. The van der Waals surface area contributed by atoms with Crippen molar-refractivity contribution in [3.8, 4) is 11.3 Å². The summed E-state index contributed by atoms with van der Waals surface area (Å²) in [5.74, 6) is -0.647. The van der Waals surface area contributed by atoms with Crippen LogP contribution >= 0.6 is 22.9 Å². The molecule has 1 aromatic heterocycles. The molecule has 2 N–H and O–H groups in total. The van der Waals surface area contributed by atoms with Crippen molar-refractivity contribution in [3.05, 3.63) is 94.3 Å². The average Bonchev–Trinajstić information content (AvgIpc) is 3.24. The predicted octanol–water partition coefficient (Wildman–Crippen LogP) is 5.72. The van der Waals surface area contributed by atoms with Crippen LogP contribution in [0.15, 0.2) is 83.8 Å². The third kappa shape index (κ3) is 5.33. The van der Waals surface area contributed by atoms with Gasteiger partial charge in [-0.25, -0.2) is 13.4 Å². The Hall–Kier alpha value is -3.53. The van der Waals surface area contributed by atoms with E-state index in [1.807, 2.05) is 30.3 Å². The number of ketones is 1. The summed E-state index contributed by atoms with van der Waals surface area (Å²) in [5, 5.41) is 3.38. The van der Waals surface area contributed by atoms with Crippen LogP contribution < -0.4 is 10.0 Å². The number of carbonyl (C=O) groups excluding carboxylic acids is 2. The molecule has 1 amide bonds. The van der Waals surface area contributed by atoms with Gasteiger partial charge in [0, 0.05) is 28.8 Å². The van der Waals surface area contributed by atoms with Crippen molar-refractivity contribution in [1.82, 2.24) is 4.98 Å². The monoisotopic (exact) mass is 511 g/mol. The van der Waals surface area contributed by atoms with Gasteiger partial charge >= 0.3 is 0 Å². The minimum atomic E-state index is -3.86. The number of halogens is 1. The lowest BCUT2D eigenvalue weighted by Gasteiger charge is -2.09. The number of rotatable bonds is 7. The number of sulfonamides is 1. The van der Waals surface area contributed by atoms with Crippen LogP contribution in [0.2, 0.25) is 5.02 Å². The number of anilines is 2. The smallest absolute Gasteiger partial charge is 0.261 e. The zero-order valence-corrected chi connectivity index (χ0v) is 20.2. The summed E-state index contributed by atoms with van der Waals surface area (Å²) in [4.78, 5) is 29.9. The van der Waals surface area contributed by atoms with Crippen molar-refractivity contribution < 1.29 is 18.0 Å². The molecule has 7 nitrogen and oxygen atoms in total. The molecule has 0 bridgehead atoms. The zero-order chi connectivity index (χ0) is 24.3. The van der Waals surface area contributed by atoms with Crippen LogP contribution in [0.1, 0.15) is 27.0 Å². The van der Waals surface area contributed by atoms with E-state index < -0.39 is 15.9 Å². The topological polar surface area (TPSA) is 105 Å². The third-order valence-electron chi connectivity index (χ3n) is 4.72. The summed E-state index contributed by atoms with van der Waals surface area (Å²) in [6.45, 7) is 1.45. The summed E-state index contributed by atoms with van der Waals surface area (Å²) < 4.78 is 27.7. The molecule has 10 heteroatoms. The van der Waals surface area contributed by atoms with Gasteiger partial charge in [0.25, 0.3) is 15.9 Å². The standard InChI is InChI=1S/C24H18ClN3O4S2/c1-15(29)22-21(16-6-3-2-4-7-16)26-24(33-22)27-23(30)17-8-5-9-19(14-17)28-34(31,32)20-12-10-18(25)11-13-20/h2-14,28H,1H3,(H,26,27,30). The Morgan fingerprint density at radius 1 is 0.941 bits per heavy atom. The lowest BCUT2D eigenvalue weighted by Crippen LogP contribution is -2.15. The van der Waals surface area contributed by atoms with Crippen molar-refractivity contribution in [1.29, 1.82) is 0 Å². The summed E-state index contributed by atoms with van der Waals surface area (Å²) in [7, 11) is -3.86. The molecule has 0 saturated heterocycles. The van der Waals surface area contributed by atoms with Gasteiger partial charge in [-0.2, -0.15) is 0 Å². The highest BCUT2D eigenvalue weighted by Gasteiger charge is 2.19. The number of nitrogens with one attached hydrogen (secondary N) is 2. The number of amides is 1. The lowest BCUT2D eigenvalue weighted by molar-refractivity contribution is 0.101. The molecule has 172 valence electrons. The Morgan fingerprint density at radius 2 is 1.65 bits per heavy atom. The van der Waals surface area contributed by atoms with Gasteiger partial charge in [-0.15, -0.1) is 0 Å². The van der Waals surface area contributed by atoms with E-state index in [0.29, 0.717) is 15.6 Å². The zero-order valence-electron chi connectivity index (χ0n) is 17.8. The van der Waals surface area contributed by atoms with Gasteiger partial charge in [0.1, 0.15) is 0 Å². The van der Waals surface area contributed by atoms with E-state index in [1.165, 1.54) is 43.3 Å². The van der Waals surface area contributed by atoms with Crippen LogP contribution in [0.25, 0.3) is 11.3 Å². The SMILES string of the molecule is CC(=O)c1sc(NC(=O)c2cccc(NS(=O)(=O)c3ccc(Cl)cc3)c2)nc1-c1ccccc1. The second-order valence-electron chi connectivity index (χ2n) is 7.21. The van der Waals surface area contributed by atoms with Crippen LogP contribution in [0.5, 0.6) is 0 Å². The molecule has 0 aliphatic rings. The van der Waals surface area contributed by atoms with E-state index in [0.717, 1.165) is 16.9 Å². The minimum absolute atomic E-state index is 0.0414. The van der Waals surface area contributed by atoms with Crippen LogP contribution in [0.4, 0.5) is 10.8 Å². The fourth-order valence-electron chi connectivity index (χ4n) is 3.12. The highest BCUT2D eigenvalue weighted by molar-refractivity contribution is 7.92. The molecule has 3 aromatic carbocycles. The Balaban J connectivity index is 1.55. The molecular formula is C24H18ClN3O4S2. The minimum Gasteiger partial charge on any atom is -0.298 e. The number of nitrogens with zero attached hydrogens (tertiary/aromatic N) is 1. The van der Waals surface area contributed by atoms with Crippen LogP contribution in [0, 0.1) is 0 Å². The van der Waals surface area contributed by atoms with Crippen molar-refractivity contribution >= 4 is 55.5 Å². The maximum absolute atomic E-state index is 12.8. The van der Waals surface area contributed by atoms with Crippen LogP contribution in [-0.2, 0) is 10.0 Å². The molecule has 0 unspecified atom stereocenters. The molecule has 0 aliphatic heterocycles. The molecule has 4 aromatic rings. The van der Waals surface area contributed by atoms with E-state index >= 15 is 0 Å². The Morgan fingerprint density at radius 3 is 2.32 bits per heavy atom. The average molecular weight is 512 g/mol. The fraction of sp³-hybridized carbons (Fsp3) is 0.0417. The number of Topliss-reactive ketones (excluding diaryl/α,β-unsaturated/α-hetero) is 1. The summed E-state index contributed by atoms with van der Waals surface area (Å²) >= 11 is 6.91. The molecule has 1 heterocycles. The van der Waals surface area contributed by atoms with Crippen molar-refractivity contribution in [3.63, 3.8) is 0 Å². The van der Waals surface area contributed by atoms with Gasteiger partial charge in [0.2, 0.25) is 0 Å². The van der Waals surface area contributed by atoms with Gasteiger partial charge in [-0.05, 0) is 42.5 Å². The number of benzene rings is 3. The quantitative estimate of drug-likeness (QED) is 0.309. The van der Waals surface area contributed by atoms with E-state index in [9.17, 15) is 18.0 Å². The Bertz CT molecular complexity index is 1470. The first-order valence-electron chi connectivity index (χ1n) is 10.00. The Kier molecular flexibility index (Phi) is 6.78. The molecule has 0 spiro atoms. The molecule has 0 fully saturated rings. The predicted molar refractivity (Wildman–Crippen MR) is 134 cm³/mol. The first-order valence-corrected chi connectivity index (χ1v) is 12.7. The molecule has 0 atom stereocenters. The number of hydrogen-bond acceptors (Lipinski definition) is 6. The van der Waals surface area contributed by atoms with Crippen molar-refractivity contribution in [2.24, 2.45) is 0 Å². The van der Waals surface area contributed by atoms with Crippen LogP contribution in [-0.4, -0.2) is 25.1 Å². The first-order chi connectivity index (χ1) is 16.2. The fourth-order valence-corrected chi connectivity index (χ4v) is 5.18. The van der Waals surface area contributed by atoms with Crippen molar-refractivity contribution in [2.45, 2.75) is 11.8 Å². The molecule has 4 rings (SSSR count). The van der Waals surface area contributed by atoms with Crippen molar-refractivity contribution in [2.75, 3.05) is 10.0 Å². The van der Waals surface area contributed by atoms with Gasteiger partial charge < -0.3 is 0 Å². The van der Waals surface area contributed by atoms with E-state index in [4.69, 9.17) is 11.6 Å². The number of carbonyl (C=O) groups is 2. The molecule has 0 radical (unpaired) electrons.